The minimum atomic E-state index is -3.51. The number of rotatable bonds is 6. The van der Waals surface area contributed by atoms with Crippen molar-refractivity contribution >= 4 is 27.7 Å². The summed E-state index contributed by atoms with van der Waals surface area (Å²) in [6.07, 6.45) is 3.12. The van der Waals surface area contributed by atoms with Crippen molar-refractivity contribution < 1.29 is 17.9 Å². The van der Waals surface area contributed by atoms with Crippen molar-refractivity contribution in [3.8, 4) is 5.75 Å². The van der Waals surface area contributed by atoms with Crippen LogP contribution in [0.15, 0.2) is 59.5 Å². The quantitative estimate of drug-likeness (QED) is 0.733. The van der Waals surface area contributed by atoms with Crippen LogP contribution >= 0.6 is 0 Å². The lowest BCUT2D eigenvalue weighted by Crippen LogP contribution is -2.46. The SMILES string of the molecule is COc1ccc(C=CC(=O)Nc2ccc(S(=O)(=O)N3CCN(C)CC3)cc2)cc1. The fourth-order valence-corrected chi connectivity index (χ4v) is 4.38. The van der Waals surface area contributed by atoms with E-state index in [1.54, 1.807) is 25.3 Å². The average molecular weight is 416 g/mol. The number of hydrogen-bond acceptors (Lipinski definition) is 5. The lowest BCUT2D eigenvalue weighted by molar-refractivity contribution is -0.111. The molecule has 2 aromatic rings. The molecule has 0 aromatic heterocycles. The molecule has 0 radical (unpaired) electrons. The van der Waals surface area contributed by atoms with Gasteiger partial charge in [0.1, 0.15) is 5.75 Å². The number of piperazine rings is 1. The Hall–Kier alpha value is -2.68. The van der Waals surface area contributed by atoms with Gasteiger partial charge in [-0.15, -0.1) is 0 Å². The molecule has 1 aliphatic rings. The van der Waals surface area contributed by atoms with Crippen molar-refractivity contribution in [1.82, 2.24) is 9.21 Å². The summed E-state index contributed by atoms with van der Waals surface area (Å²) in [5, 5.41) is 2.73. The third-order valence-electron chi connectivity index (χ3n) is 4.76. The van der Waals surface area contributed by atoms with Crippen molar-refractivity contribution in [1.29, 1.82) is 0 Å². The van der Waals surface area contributed by atoms with Crippen LogP contribution in [0.4, 0.5) is 5.69 Å². The standard InChI is InChI=1S/C21H25N3O4S/c1-23-13-15-24(16-14-23)29(26,27)20-10-6-18(7-11-20)22-21(25)12-5-17-3-8-19(28-2)9-4-17/h3-12H,13-16H2,1-2H3,(H,22,25). The first-order valence-electron chi connectivity index (χ1n) is 9.30. The molecule has 0 unspecified atom stereocenters. The molecule has 0 atom stereocenters. The number of methoxy groups -OCH3 is 1. The Bertz CT molecular complexity index is 962. The van der Waals surface area contributed by atoms with E-state index in [0.29, 0.717) is 31.9 Å². The highest BCUT2D eigenvalue weighted by molar-refractivity contribution is 7.89. The number of benzene rings is 2. The average Bonchev–Trinajstić information content (AvgIpc) is 2.73. The van der Waals surface area contributed by atoms with Gasteiger partial charge in [-0.3, -0.25) is 4.79 Å². The highest BCUT2D eigenvalue weighted by atomic mass is 32.2. The number of nitrogens with one attached hydrogen (secondary N) is 1. The second kappa shape index (κ2) is 9.21. The van der Waals surface area contributed by atoms with Gasteiger partial charge in [0.15, 0.2) is 0 Å². The van der Waals surface area contributed by atoms with Gasteiger partial charge in [-0.1, -0.05) is 12.1 Å². The minimum Gasteiger partial charge on any atom is -0.497 e. The Labute approximate surface area is 171 Å². The molecule has 8 heteroatoms. The zero-order valence-electron chi connectivity index (χ0n) is 16.5. The van der Waals surface area contributed by atoms with Gasteiger partial charge in [0.25, 0.3) is 0 Å². The summed E-state index contributed by atoms with van der Waals surface area (Å²) in [5.74, 6) is 0.453. The van der Waals surface area contributed by atoms with Crippen LogP contribution in [-0.4, -0.2) is 63.9 Å². The number of carbonyl (C=O) groups excluding carboxylic acids is 1. The molecule has 1 fully saturated rings. The molecule has 3 rings (SSSR count). The van der Waals surface area contributed by atoms with Crippen molar-refractivity contribution in [3.63, 3.8) is 0 Å². The summed E-state index contributed by atoms with van der Waals surface area (Å²) in [4.78, 5) is 14.4. The summed E-state index contributed by atoms with van der Waals surface area (Å²) in [7, 11) is 0.0609. The molecule has 0 bridgehead atoms. The highest BCUT2D eigenvalue weighted by Crippen LogP contribution is 2.20. The number of hydrogen-bond donors (Lipinski definition) is 1. The first-order valence-corrected chi connectivity index (χ1v) is 10.7. The Kier molecular flexibility index (Phi) is 6.68. The Morgan fingerprint density at radius 1 is 1.00 bits per heavy atom. The van der Waals surface area contributed by atoms with Crippen LogP contribution < -0.4 is 10.1 Å². The molecule has 29 heavy (non-hydrogen) atoms. The van der Waals surface area contributed by atoms with Gasteiger partial charge < -0.3 is 15.0 Å². The molecule has 0 spiro atoms. The second-order valence-electron chi connectivity index (χ2n) is 6.83. The third-order valence-corrected chi connectivity index (χ3v) is 6.68. The van der Waals surface area contributed by atoms with E-state index < -0.39 is 10.0 Å². The van der Waals surface area contributed by atoms with Gasteiger partial charge >= 0.3 is 0 Å². The number of amides is 1. The van der Waals surface area contributed by atoms with Gasteiger partial charge in [0.05, 0.1) is 12.0 Å². The lowest BCUT2D eigenvalue weighted by Gasteiger charge is -2.31. The molecule has 0 saturated carbocycles. The fraction of sp³-hybridized carbons (Fsp3) is 0.286. The summed E-state index contributed by atoms with van der Waals surface area (Å²) in [6.45, 7) is 2.39. The zero-order chi connectivity index (χ0) is 20.9. The maximum Gasteiger partial charge on any atom is 0.248 e. The summed E-state index contributed by atoms with van der Waals surface area (Å²) < 4.78 is 32.1. The van der Waals surface area contributed by atoms with Crippen molar-refractivity contribution in [2.45, 2.75) is 4.90 Å². The largest absolute Gasteiger partial charge is 0.497 e. The molecule has 2 aromatic carbocycles. The smallest absolute Gasteiger partial charge is 0.248 e. The van der Waals surface area contributed by atoms with E-state index in [2.05, 4.69) is 10.2 Å². The van der Waals surface area contributed by atoms with Crippen molar-refractivity contribution in [2.24, 2.45) is 0 Å². The van der Waals surface area contributed by atoms with E-state index >= 15 is 0 Å². The van der Waals surface area contributed by atoms with E-state index in [-0.39, 0.29) is 10.8 Å². The van der Waals surface area contributed by atoms with E-state index in [1.807, 2.05) is 31.3 Å². The topological polar surface area (TPSA) is 78.9 Å². The molecular weight excluding hydrogens is 390 g/mol. The van der Waals surface area contributed by atoms with Crippen LogP contribution in [0.3, 0.4) is 0 Å². The molecule has 1 heterocycles. The normalized spacial score (nSPS) is 16.1. The Balaban J connectivity index is 1.60. The van der Waals surface area contributed by atoms with Crippen LogP contribution in [-0.2, 0) is 14.8 Å². The van der Waals surface area contributed by atoms with Crippen LogP contribution in [0.2, 0.25) is 0 Å². The summed E-state index contributed by atoms with van der Waals surface area (Å²) in [5.41, 5.74) is 1.40. The maximum absolute atomic E-state index is 12.7. The van der Waals surface area contributed by atoms with E-state index in [4.69, 9.17) is 4.74 Å². The molecule has 1 amide bonds. The zero-order valence-corrected chi connectivity index (χ0v) is 17.4. The van der Waals surface area contributed by atoms with E-state index in [9.17, 15) is 13.2 Å². The van der Waals surface area contributed by atoms with Crippen molar-refractivity contribution in [3.05, 3.63) is 60.2 Å². The molecule has 154 valence electrons. The number of ether oxygens (including phenoxy) is 1. The first-order chi connectivity index (χ1) is 13.9. The number of carbonyl (C=O) groups is 1. The number of sulfonamides is 1. The molecule has 1 N–H and O–H groups in total. The molecule has 1 aliphatic heterocycles. The highest BCUT2D eigenvalue weighted by Gasteiger charge is 2.27. The van der Waals surface area contributed by atoms with Gasteiger partial charge in [-0.2, -0.15) is 4.31 Å². The van der Waals surface area contributed by atoms with Crippen LogP contribution in [0.1, 0.15) is 5.56 Å². The molecule has 7 nitrogen and oxygen atoms in total. The van der Waals surface area contributed by atoms with Gasteiger partial charge in [-0.05, 0) is 55.1 Å². The molecule has 0 aliphatic carbocycles. The van der Waals surface area contributed by atoms with Crippen LogP contribution in [0, 0.1) is 0 Å². The van der Waals surface area contributed by atoms with Gasteiger partial charge in [-0.25, -0.2) is 8.42 Å². The van der Waals surface area contributed by atoms with Crippen LogP contribution in [0.25, 0.3) is 6.08 Å². The number of anilines is 1. The minimum absolute atomic E-state index is 0.230. The number of nitrogens with zero attached hydrogens (tertiary/aromatic N) is 2. The summed E-state index contributed by atoms with van der Waals surface area (Å²) >= 11 is 0. The van der Waals surface area contributed by atoms with Gasteiger partial charge in [0.2, 0.25) is 15.9 Å². The summed E-state index contributed by atoms with van der Waals surface area (Å²) in [6, 6.07) is 13.6. The van der Waals surface area contributed by atoms with Crippen LogP contribution in [0.5, 0.6) is 5.75 Å². The maximum atomic E-state index is 12.7. The fourth-order valence-electron chi connectivity index (χ4n) is 2.96. The molecule has 1 saturated heterocycles. The predicted molar refractivity (Wildman–Crippen MR) is 113 cm³/mol. The predicted octanol–water partition coefficient (Wildman–Crippen LogP) is 2.28. The molecular formula is C21H25N3O4S. The first kappa shape index (κ1) is 21.0. The lowest BCUT2D eigenvalue weighted by atomic mass is 10.2. The number of likely N-dealkylation sites (N-methyl/N-ethyl adjacent to an activating group) is 1. The monoisotopic (exact) mass is 415 g/mol. The van der Waals surface area contributed by atoms with E-state index in [1.165, 1.54) is 22.5 Å². The van der Waals surface area contributed by atoms with Gasteiger partial charge in [0, 0.05) is 37.9 Å². The van der Waals surface area contributed by atoms with E-state index in [0.717, 1.165) is 11.3 Å². The Morgan fingerprint density at radius 3 is 2.21 bits per heavy atom. The second-order valence-corrected chi connectivity index (χ2v) is 8.77. The van der Waals surface area contributed by atoms with Crippen molar-refractivity contribution in [2.75, 3.05) is 45.7 Å². The third kappa shape index (κ3) is 5.44. The Morgan fingerprint density at radius 2 is 1.62 bits per heavy atom.